The van der Waals surface area contributed by atoms with Crippen LogP contribution in [0.2, 0.25) is 0 Å². The van der Waals surface area contributed by atoms with Gasteiger partial charge in [0.1, 0.15) is 4.77 Å². The molecular weight excluding hydrogens is 342 g/mol. The first-order chi connectivity index (χ1) is 12.6. The van der Waals surface area contributed by atoms with Gasteiger partial charge in [-0.1, -0.05) is 41.0 Å². The molecular formula is C21H27N3OS. The first-order valence-corrected chi connectivity index (χ1v) is 10.8. The Morgan fingerprint density at radius 3 is 2.92 bits per heavy atom. The van der Waals surface area contributed by atoms with Gasteiger partial charge in [-0.25, -0.2) is 0 Å². The summed E-state index contributed by atoms with van der Waals surface area (Å²) in [5.74, 6) is 1.45. The number of fused-ring (bicyclic) bond motifs is 1. The summed E-state index contributed by atoms with van der Waals surface area (Å²) in [5.41, 5.74) is 9.25. The topological polar surface area (TPSA) is 74.7 Å². The van der Waals surface area contributed by atoms with Gasteiger partial charge in [-0.15, -0.1) is 0 Å². The molecule has 26 heavy (non-hydrogen) atoms. The zero-order valence-corrected chi connectivity index (χ0v) is 16.1. The van der Waals surface area contributed by atoms with Gasteiger partial charge in [0.05, 0.1) is 10.9 Å². The number of H-pyrrole nitrogens is 2. The maximum atomic E-state index is 12.4. The minimum absolute atomic E-state index is 0.0155. The van der Waals surface area contributed by atoms with Crippen LogP contribution in [0.3, 0.4) is 0 Å². The summed E-state index contributed by atoms with van der Waals surface area (Å²) in [4.78, 5) is 18.9. The number of nitrogens with one attached hydrogen (secondary N) is 2. The predicted octanol–water partition coefficient (Wildman–Crippen LogP) is 4.53. The van der Waals surface area contributed by atoms with Crippen molar-refractivity contribution in [3.63, 3.8) is 0 Å². The lowest BCUT2D eigenvalue weighted by molar-refractivity contribution is 0.271. The monoisotopic (exact) mass is 369 g/mol. The summed E-state index contributed by atoms with van der Waals surface area (Å²) in [7, 11) is -0.186. The van der Waals surface area contributed by atoms with E-state index in [9.17, 15) is 4.79 Å². The maximum Gasteiger partial charge on any atom is 0.259 e. The average molecular weight is 370 g/mol. The molecule has 4 nitrogen and oxygen atoms in total. The molecule has 2 heterocycles. The van der Waals surface area contributed by atoms with E-state index >= 15 is 0 Å². The van der Waals surface area contributed by atoms with Gasteiger partial charge in [-0.05, 0) is 73.1 Å². The molecule has 0 radical (unpaired) electrons. The van der Waals surface area contributed by atoms with E-state index in [1.54, 1.807) is 0 Å². The van der Waals surface area contributed by atoms with E-state index in [2.05, 4.69) is 26.9 Å². The lowest BCUT2D eigenvalue weighted by Crippen LogP contribution is -2.22. The number of allylic oxidation sites excluding steroid dienone is 2. The standard InChI is InChI=1S/C21H27N3OS/c1-14-5-6-19-18(9-14)20(25)24-21(23-19)26-8-7-17(13-26)11-15-3-2-4-16(10-15)12-22/h5-9,13,15-16,23H,2-4,10-12,22H2,1H3,(H,24,25). The molecule has 5 heteroatoms. The summed E-state index contributed by atoms with van der Waals surface area (Å²) in [6.07, 6.45) is 8.54. The van der Waals surface area contributed by atoms with Crippen molar-refractivity contribution in [2.75, 3.05) is 6.54 Å². The number of rotatable bonds is 3. The van der Waals surface area contributed by atoms with Gasteiger partial charge in [-0.3, -0.25) is 4.79 Å². The fourth-order valence-electron chi connectivity index (χ4n) is 4.18. The largest absolute Gasteiger partial charge is 0.336 e. The Morgan fingerprint density at radius 2 is 2.08 bits per heavy atom. The second-order valence-electron chi connectivity index (χ2n) is 7.66. The Morgan fingerprint density at radius 1 is 1.23 bits per heavy atom. The van der Waals surface area contributed by atoms with Gasteiger partial charge in [0.15, 0.2) is 0 Å². The minimum Gasteiger partial charge on any atom is -0.336 e. The molecule has 4 N–H and O–H groups in total. The van der Waals surface area contributed by atoms with Gasteiger partial charge in [0, 0.05) is 0 Å². The summed E-state index contributed by atoms with van der Waals surface area (Å²) in [6.45, 7) is 2.83. The van der Waals surface area contributed by atoms with Crippen LogP contribution >= 0.6 is 10.5 Å². The van der Waals surface area contributed by atoms with Crippen molar-refractivity contribution >= 4 is 21.4 Å². The Kier molecular flexibility index (Phi) is 5.00. The molecule has 3 unspecified atom stereocenters. The molecule has 2 aliphatic rings. The van der Waals surface area contributed by atoms with Crippen LogP contribution < -0.4 is 11.3 Å². The molecule has 0 saturated heterocycles. The zero-order valence-electron chi connectivity index (χ0n) is 15.3. The molecule has 0 bridgehead atoms. The quantitative estimate of drug-likeness (QED) is 0.695. The number of aryl methyl sites for hydroxylation is 1. The SMILES string of the molecule is Cc1ccc2[nH]c(=S3C=CC(CC4CCCC(CN)C4)=C3)[nH]c(=O)c2c1. The van der Waals surface area contributed by atoms with Crippen molar-refractivity contribution < 1.29 is 0 Å². The van der Waals surface area contributed by atoms with Crippen molar-refractivity contribution in [2.24, 2.45) is 17.6 Å². The van der Waals surface area contributed by atoms with Crippen LogP contribution in [0.25, 0.3) is 10.9 Å². The van der Waals surface area contributed by atoms with E-state index in [-0.39, 0.29) is 16.0 Å². The van der Waals surface area contributed by atoms with E-state index in [4.69, 9.17) is 5.73 Å². The fourth-order valence-corrected chi connectivity index (χ4v) is 5.77. The van der Waals surface area contributed by atoms with E-state index in [0.717, 1.165) is 40.1 Å². The highest BCUT2D eigenvalue weighted by molar-refractivity contribution is 8.14. The molecule has 0 spiro atoms. The summed E-state index contributed by atoms with van der Waals surface area (Å²) >= 11 is 0. The van der Waals surface area contributed by atoms with E-state index in [0.29, 0.717) is 5.92 Å². The van der Waals surface area contributed by atoms with Crippen molar-refractivity contribution in [1.29, 1.82) is 0 Å². The molecule has 1 saturated carbocycles. The van der Waals surface area contributed by atoms with Crippen LogP contribution in [0.5, 0.6) is 0 Å². The highest BCUT2D eigenvalue weighted by atomic mass is 32.2. The van der Waals surface area contributed by atoms with Crippen molar-refractivity contribution in [3.8, 4) is 0 Å². The third kappa shape index (κ3) is 3.64. The van der Waals surface area contributed by atoms with Crippen LogP contribution in [-0.4, -0.2) is 16.5 Å². The van der Waals surface area contributed by atoms with Crippen molar-refractivity contribution in [2.45, 2.75) is 39.0 Å². The normalized spacial score (nSPS) is 26.3. The summed E-state index contributed by atoms with van der Waals surface area (Å²) in [6, 6.07) is 5.96. The molecule has 1 aliphatic heterocycles. The number of aromatic amines is 2. The Balaban J connectivity index is 1.63. The van der Waals surface area contributed by atoms with Gasteiger partial charge in [0.2, 0.25) is 0 Å². The molecule has 1 aliphatic carbocycles. The van der Waals surface area contributed by atoms with Gasteiger partial charge in [-0.2, -0.15) is 0 Å². The lowest BCUT2D eigenvalue weighted by atomic mass is 9.79. The highest BCUT2D eigenvalue weighted by Gasteiger charge is 2.22. The lowest BCUT2D eigenvalue weighted by Gasteiger charge is -2.28. The second-order valence-corrected chi connectivity index (χ2v) is 9.32. The average Bonchev–Trinajstić information content (AvgIpc) is 3.11. The Hall–Kier alpha value is -1.85. The summed E-state index contributed by atoms with van der Waals surface area (Å²) < 4.78 is 0.890. The van der Waals surface area contributed by atoms with Crippen molar-refractivity contribution in [3.05, 3.63) is 61.4 Å². The molecule has 3 atom stereocenters. The fraction of sp³-hybridized carbons (Fsp3) is 0.429. The van der Waals surface area contributed by atoms with Gasteiger partial charge >= 0.3 is 0 Å². The smallest absolute Gasteiger partial charge is 0.259 e. The first-order valence-electron chi connectivity index (χ1n) is 9.49. The van der Waals surface area contributed by atoms with Crippen LogP contribution in [0.1, 0.15) is 37.7 Å². The molecule has 1 aromatic heterocycles. The number of benzene rings is 1. The molecule has 138 valence electrons. The maximum absolute atomic E-state index is 12.4. The third-order valence-electron chi connectivity index (χ3n) is 5.59. The molecule has 1 fully saturated rings. The zero-order chi connectivity index (χ0) is 18.1. The van der Waals surface area contributed by atoms with Gasteiger partial charge in [0.25, 0.3) is 5.56 Å². The second kappa shape index (κ2) is 7.41. The molecule has 0 amide bonds. The first kappa shape index (κ1) is 17.6. The number of hydrogen-bond donors (Lipinski definition) is 3. The van der Waals surface area contributed by atoms with Crippen LogP contribution in [-0.2, 0) is 0 Å². The van der Waals surface area contributed by atoms with Crippen LogP contribution in [0, 0.1) is 23.5 Å². The van der Waals surface area contributed by atoms with Crippen molar-refractivity contribution in [1.82, 2.24) is 9.97 Å². The van der Waals surface area contributed by atoms with Crippen LogP contribution in [0.4, 0.5) is 0 Å². The number of nitrogens with two attached hydrogens (primary N) is 1. The Bertz CT molecular complexity index is 1010. The minimum atomic E-state index is -0.186. The predicted molar refractivity (Wildman–Crippen MR) is 111 cm³/mol. The van der Waals surface area contributed by atoms with E-state index in [1.165, 1.54) is 31.3 Å². The third-order valence-corrected chi connectivity index (χ3v) is 7.25. The molecule has 4 rings (SSSR count). The molecule has 2 aromatic rings. The van der Waals surface area contributed by atoms with Gasteiger partial charge < -0.3 is 15.7 Å². The summed E-state index contributed by atoms with van der Waals surface area (Å²) in [5, 5.41) is 5.24. The Labute approximate surface area is 156 Å². The van der Waals surface area contributed by atoms with E-state index < -0.39 is 0 Å². The van der Waals surface area contributed by atoms with Crippen LogP contribution in [0.15, 0.2) is 45.5 Å². The number of aromatic nitrogens is 2. The molecule has 1 aromatic carbocycles. The van der Waals surface area contributed by atoms with E-state index in [1.807, 2.05) is 25.1 Å². The highest BCUT2D eigenvalue weighted by Crippen LogP contribution is 2.37. The number of hydrogen-bond acceptors (Lipinski definition) is 2.